The molecule has 0 aliphatic rings. The van der Waals surface area contributed by atoms with Crippen LogP contribution in [0.5, 0.6) is 5.75 Å². The van der Waals surface area contributed by atoms with Crippen molar-refractivity contribution in [3.8, 4) is 5.75 Å². The van der Waals surface area contributed by atoms with Crippen molar-refractivity contribution >= 4 is 44.2 Å². The number of rotatable bonds is 9. The maximum Gasteiger partial charge on any atom is 0.238 e. The summed E-state index contributed by atoms with van der Waals surface area (Å²) in [5.41, 5.74) is 2.37. The minimum atomic E-state index is -3.79. The highest BCUT2D eigenvalue weighted by atomic mass is 32.2. The van der Waals surface area contributed by atoms with Crippen LogP contribution in [0.2, 0.25) is 0 Å². The average Bonchev–Trinajstić information content (AvgIpc) is 3.35. The van der Waals surface area contributed by atoms with E-state index in [4.69, 9.17) is 9.88 Å². The Morgan fingerprint density at radius 1 is 1.19 bits per heavy atom. The lowest BCUT2D eigenvalue weighted by atomic mass is 10.3. The maximum absolute atomic E-state index is 13.0. The van der Waals surface area contributed by atoms with E-state index in [9.17, 15) is 12.8 Å². The third-order valence-electron chi connectivity index (χ3n) is 4.58. The molecule has 0 unspecified atom stereocenters. The number of hydrogen-bond acceptors (Lipinski definition) is 7. The summed E-state index contributed by atoms with van der Waals surface area (Å²) in [6, 6.07) is 10.6. The number of thioether (sulfide) groups is 1. The van der Waals surface area contributed by atoms with Gasteiger partial charge in [0.15, 0.2) is 5.16 Å². The maximum atomic E-state index is 13.0. The number of imidazole rings is 1. The van der Waals surface area contributed by atoms with Crippen molar-refractivity contribution in [2.24, 2.45) is 5.14 Å². The summed E-state index contributed by atoms with van der Waals surface area (Å²) < 4.78 is 44.1. The van der Waals surface area contributed by atoms with Crippen LogP contribution in [0, 0.1) is 5.82 Å². The van der Waals surface area contributed by atoms with Crippen molar-refractivity contribution in [2.45, 2.75) is 42.3 Å². The predicted molar refractivity (Wildman–Crippen MR) is 124 cm³/mol. The third-order valence-corrected chi connectivity index (χ3v) is 7.38. The molecule has 0 atom stereocenters. The molecule has 0 bridgehead atoms. The van der Waals surface area contributed by atoms with Gasteiger partial charge in [-0.3, -0.25) is 0 Å². The van der Waals surface area contributed by atoms with Crippen molar-refractivity contribution in [1.82, 2.24) is 14.5 Å². The molecule has 2 aromatic carbocycles. The van der Waals surface area contributed by atoms with Crippen molar-refractivity contribution in [2.75, 3.05) is 0 Å². The molecule has 4 aromatic rings. The molecule has 168 valence electrons. The van der Waals surface area contributed by atoms with Gasteiger partial charge in [0, 0.05) is 17.7 Å². The number of nitrogens with zero attached hydrogens (tertiary/aromatic N) is 3. The van der Waals surface area contributed by atoms with E-state index >= 15 is 0 Å². The van der Waals surface area contributed by atoms with E-state index in [0.29, 0.717) is 23.6 Å². The van der Waals surface area contributed by atoms with Gasteiger partial charge in [-0.1, -0.05) is 18.7 Å². The Bertz CT molecular complexity index is 1330. The van der Waals surface area contributed by atoms with Crippen LogP contribution >= 0.6 is 23.1 Å². The second-order valence-corrected chi connectivity index (χ2v) is 10.5. The van der Waals surface area contributed by atoms with Crippen molar-refractivity contribution < 1.29 is 17.5 Å². The molecule has 0 radical (unpaired) electrons. The number of thiazole rings is 1. The number of ether oxygens (including phenoxy) is 1. The van der Waals surface area contributed by atoms with Crippen LogP contribution in [0.1, 0.15) is 24.0 Å². The Kier molecular flexibility index (Phi) is 6.79. The highest BCUT2D eigenvalue weighted by Gasteiger charge is 2.15. The fraction of sp³-hybridized carbons (Fsp3) is 0.238. The lowest BCUT2D eigenvalue weighted by molar-refractivity contribution is 0.305. The number of sulfonamides is 1. The highest BCUT2D eigenvalue weighted by Crippen LogP contribution is 2.29. The van der Waals surface area contributed by atoms with E-state index in [1.807, 2.05) is 5.38 Å². The summed E-state index contributed by atoms with van der Waals surface area (Å²) in [7, 11) is -3.79. The number of primary sulfonamides is 1. The van der Waals surface area contributed by atoms with Crippen LogP contribution in [-0.2, 0) is 28.9 Å². The Hall–Kier alpha value is -2.47. The van der Waals surface area contributed by atoms with Gasteiger partial charge >= 0.3 is 0 Å². The molecule has 4 rings (SSSR count). The number of aromatic nitrogens is 3. The summed E-state index contributed by atoms with van der Waals surface area (Å²) >= 11 is 3.04. The van der Waals surface area contributed by atoms with Gasteiger partial charge in [-0.15, -0.1) is 11.3 Å². The minimum Gasteiger partial charge on any atom is -0.486 e. The van der Waals surface area contributed by atoms with Gasteiger partial charge in [-0.05, 0) is 48.9 Å². The first-order valence-electron chi connectivity index (χ1n) is 9.81. The van der Waals surface area contributed by atoms with Crippen LogP contribution in [0.15, 0.2) is 57.9 Å². The first kappa shape index (κ1) is 22.7. The highest BCUT2D eigenvalue weighted by molar-refractivity contribution is 7.98. The van der Waals surface area contributed by atoms with Crippen molar-refractivity contribution in [1.29, 1.82) is 0 Å². The van der Waals surface area contributed by atoms with E-state index in [2.05, 4.69) is 21.5 Å². The molecule has 0 aliphatic carbocycles. The van der Waals surface area contributed by atoms with Crippen LogP contribution in [0.3, 0.4) is 0 Å². The molecule has 2 aromatic heterocycles. The number of fused-ring (bicyclic) bond motifs is 1. The molecule has 2 N–H and O–H groups in total. The number of nitrogens with two attached hydrogens (primary N) is 1. The Morgan fingerprint density at radius 2 is 1.97 bits per heavy atom. The molecule has 32 heavy (non-hydrogen) atoms. The normalized spacial score (nSPS) is 11.8. The van der Waals surface area contributed by atoms with Gasteiger partial charge in [-0.25, -0.2) is 27.9 Å². The Labute approximate surface area is 193 Å². The first-order chi connectivity index (χ1) is 15.3. The quantitative estimate of drug-likeness (QED) is 0.344. The summed E-state index contributed by atoms with van der Waals surface area (Å²) in [5, 5.41) is 8.85. The molecule has 0 fully saturated rings. The molecule has 0 aliphatic heterocycles. The molecular formula is C21H21FN4O3S3. The summed E-state index contributed by atoms with van der Waals surface area (Å²) in [4.78, 5) is 9.29. The van der Waals surface area contributed by atoms with Gasteiger partial charge in [-0.2, -0.15) is 0 Å². The number of hydrogen-bond donors (Lipinski definition) is 1. The van der Waals surface area contributed by atoms with Gasteiger partial charge in [0.05, 0.1) is 21.6 Å². The zero-order valence-electron chi connectivity index (χ0n) is 17.2. The zero-order valence-corrected chi connectivity index (χ0v) is 19.6. The summed E-state index contributed by atoms with van der Waals surface area (Å²) in [6.07, 6.45) is 0.914. The zero-order chi connectivity index (χ0) is 22.7. The SMILES string of the molecule is CCCn1c(SCc2csc(COc3ccc(F)cc3)n2)nc2cc(S(N)(=O)=O)ccc21. The first-order valence-corrected chi connectivity index (χ1v) is 13.2. The minimum absolute atomic E-state index is 0.0491. The Morgan fingerprint density at radius 3 is 2.69 bits per heavy atom. The van der Waals surface area contributed by atoms with Gasteiger partial charge in [0.2, 0.25) is 10.0 Å². The molecule has 0 amide bonds. The van der Waals surface area contributed by atoms with E-state index in [1.54, 1.807) is 30.0 Å². The van der Waals surface area contributed by atoms with Crippen molar-refractivity contribution in [3.05, 3.63) is 64.4 Å². The lowest BCUT2D eigenvalue weighted by Gasteiger charge is -2.07. The van der Waals surface area contributed by atoms with Crippen LogP contribution < -0.4 is 9.88 Å². The lowest BCUT2D eigenvalue weighted by Crippen LogP contribution is -2.11. The fourth-order valence-corrected chi connectivity index (χ4v) is 5.39. The summed E-state index contributed by atoms with van der Waals surface area (Å²) in [6.45, 7) is 3.15. The van der Waals surface area contributed by atoms with E-state index in [0.717, 1.165) is 34.3 Å². The van der Waals surface area contributed by atoms with Gasteiger partial charge < -0.3 is 9.30 Å². The number of aryl methyl sites for hydroxylation is 1. The molecular weight excluding hydrogens is 471 g/mol. The van der Waals surface area contributed by atoms with E-state index < -0.39 is 10.0 Å². The van der Waals surface area contributed by atoms with Gasteiger partial charge in [0.1, 0.15) is 23.2 Å². The average molecular weight is 493 g/mol. The number of benzene rings is 2. The van der Waals surface area contributed by atoms with E-state index in [-0.39, 0.29) is 10.7 Å². The molecule has 11 heteroatoms. The molecule has 2 heterocycles. The van der Waals surface area contributed by atoms with Crippen LogP contribution in [0.25, 0.3) is 11.0 Å². The molecule has 0 spiro atoms. The Balaban J connectivity index is 1.46. The molecule has 0 saturated carbocycles. The third kappa shape index (κ3) is 5.29. The predicted octanol–water partition coefficient (Wildman–Crippen LogP) is 4.56. The largest absolute Gasteiger partial charge is 0.486 e. The second kappa shape index (κ2) is 9.57. The number of halogens is 1. The fourth-order valence-electron chi connectivity index (χ4n) is 3.11. The smallest absolute Gasteiger partial charge is 0.238 e. The van der Waals surface area contributed by atoms with Crippen molar-refractivity contribution in [3.63, 3.8) is 0 Å². The monoisotopic (exact) mass is 492 g/mol. The van der Waals surface area contributed by atoms with E-state index in [1.165, 1.54) is 35.6 Å². The van der Waals surface area contributed by atoms with Crippen LogP contribution in [-0.4, -0.2) is 23.0 Å². The van der Waals surface area contributed by atoms with Crippen LogP contribution in [0.4, 0.5) is 4.39 Å². The second-order valence-electron chi connectivity index (χ2n) is 7.01. The standard InChI is InChI=1S/C21H21FN4O3S3/c1-2-9-26-19-8-7-17(32(23,27)28)10-18(19)25-21(26)31-13-15-12-30-20(24-15)11-29-16-5-3-14(22)4-6-16/h3-8,10,12H,2,9,11,13H2,1H3,(H2,23,27,28). The van der Waals surface area contributed by atoms with Gasteiger partial charge in [0.25, 0.3) is 0 Å². The summed E-state index contributed by atoms with van der Waals surface area (Å²) in [5.74, 6) is 0.896. The topological polar surface area (TPSA) is 100 Å². The molecule has 0 saturated heterocycles. The molecule has 7 nitrogen and oxygen atoms in total.